The highest BCUT2D eigenvalue weighted by atomic mass is 16.5. The molecule has 1 aromatic carbocycles. The van der Waals surface area contributed by atoms with Crippen LogP contribution in [-0.4, -0.2) is 66.1 Å². The van der Waals surface area contributed by atoms with Crippen LogP contribution in [0.1, 0.15) is 30.5 Å². The molecular formula is C23H30N6O3. The average Bonchev–Trinajstić information content (AvgIpc) is 3.23. The molecule has 2 fully saturated rings. The van der Waals surface area contributed by atoms with Crippen molar-refractivity contribution < 1.29 is 14.6 Å². The molecule has 2 amide bonds. The van der Waals surface area contributed by atoms with Gasteiger partial charge in [0.1, 0.15) is 5.82 Å². The lowest BCUT2D eigenvalue weighted by Gasteiger charge is -2.31. The standard InChI is InChI=1S/C23H30N6O3/c30-20-3-1-2-18(20)27-23(31)25-16-6-4-15(5-7-16)21-26-19-14-24-9-8-17(19)22(28-21)29-10-12-32-13-11-29/h4-7,18,20,24,30H,1-3,8-14H2,(H2,25,27,31)/t18-,20-/m0/s1. The van der Waals surface area contributed by atoms with Gasteiger partial charge in [0, 0.05) is 36.4 Å². The maximum Gasteiger partial charge on any atom is 0.319 e. The number of aliphatic hydroxyl groups is 1. The van der Waals surface area contributed by atoms with Gasteiger partial charge in [-0.2, -0.15) is 0 Å². The molecule has 0 radical (unpaired) electrons. The van der Waals surface area contributed by atoms with Gasteiger partial charge >= 0.3 is 6.03 Å². The highest BCUT2D eigenvalue weighted by molar-refractivity contribution is 5.89. The Morgan fingerprint density at radius 1 is 1.16 bits per heavy atom. The average molecular weight is 439 g/mol. The van der Waals surface area contributed by atoms with Crippen LogP contribution in [0.25, 0.3) is 11.4 Å². The fraction of sp³-hybridized carbons (Fsp3) is 0.522. The summed E-state index contributed by atoms with van der Waals surface area (Å²) in [4.78, 5) is 24.4. The molecule has 2 aliphatic heterocycles. The van der Waals surface area contributed by atoms with Crippen LogP contribution in [0.3, 0.4) is 0 Å². The zero-order chi connectivity index (χ0) is 21.9. The number of nitrogens with one attached hydrogen (secondary N) is 3. The summed E-state index contributed by atoms with van der Waals surface area (Å²) in [7, 11) is 0. The van der Waals surface area contributed by atoms with Crippen LogP contribution in [0, 0.1) is 0 Å². The molecular weight excluding hydrogens is 408 g/mol. The molecule has 32 heavy (non-hydrogen) atoms. The molecule has 1 aromatic heterocycles. The zero-order valence-electron chi connectivity index (χ0n) is 18.1. The minimum absolute atomic E-state index is 0.176. The number of carbonyl (C=O) groups excluding carboxylic acids is 1. The molecule has 1 aliphatic carbocycles. The second-order valence-electron chi connectivity index (χ2n) is 8.60. The Labute approximate surface area is 187 Å². The van der Waals surface area contributed by atoms with E-state index in [9.17, 15) is 9.90 Å². The monoisotopic (exact) mass is 438 g/mol. The van der Waals surface area contributed by atoms with Crippen molar-refractivity contribution in [1.82, 2.24) is 20.6 Å². The van der Waals surface area contributed by atoms with E-state index >= 15 is 0 Å². The van der Waals surface area contributed by atoms with Gasteiger partial charge in [-0.1, -0.05) is 0 Å². The number of anilines is 2. The molecule has 5 rings (SSSR count). The van der Waals surface area contributed by atoms with E-state index in [0.717, 1.165) is 68.9 Å². The molecule has 9 nitrogen and oxygen atoms in total. The highest BCUT2D eigenvalue weighted by Crippen LogP contribution is 2.28. The lowest BCUT2D eigenvalue weighted by atomic mass is 10.1. The largest absolute Gasteiger partial charge is 0.391 e. The predicted octanol–water partition coefficient (Wildman–Crippen LogP) is 1.66. The Morgan fingerprint density at radius 2 is 1.97 bits per heavy atom. The number of fused-ring (bicyclic) bond motifs is 1. The molecule has 3 heterocycles. The third-order valence-electron chi connectivity index (χ3n) is 6.42. The number of ether oxygens (including phenoxy) is 1. The summed E-state index contributed by atoms with van der Waals surface area (Å²) in [6.45, 7) is 4.79. The van der Waals surface area contributed by atoms with E-state index in [1.807, 2.05) is 24.3 Å². The number of amides is 2. The second kappa shape index (κ2) is 9.40. The van der Waals surface area contributed by atoms with Crippen molar-refractivity contribution in [3.05, 3.63) is 35.5 Å². The fourth-order valence-corrected chi connectivity index (χ4v) is 4.65. The molecule has 4 N–H and O–H groups in total. The van der Waals surface area contributed by atoms with Crippen molar-refractivity contribution in [3.63, 3.8) is 0 Å². The third-order valence-corrected chi connectivity index (χ3v) is 6.42. The number of morpholine rings is 1. The summed E-state index contributed by atoms with van der Waals surface area (Å²) in [5, 5.41) is 19.0. The molecule has 2 atom stereocenters. The van der Waals surface area contributed by atoms with Gasteiger partial charge in [0.15, 0.2) is 5.82 Å². The van der Waals surface area contributed by atoms with Crippen LogP contribution >= 0.6 is 0 Å². The molecule has 9 heteroatoms. The molecule has 0 spiro atoms. The summed E-state index contributed by atoms with van der Waals surface area (Å²) in [6.07, 6.45) is 2.95. The van der Waals surface area contributed by atoms with Gasteiger partial charge in [-0.05, 0) is 56.5 Å². The van der Waals surface area contributed by atoms with Gasteiger partial charge in [-0.25, -0.2) is 14.8 Å². The van der Waals surface area contributed by atoms with Crippen molar-refractivity contribution in [2.45, 2.75) is 44.4 Å². The van der Waals surface area contributed by atoms with Crippen LogP contribution in [0.4, 0.5) is 16.3 Å². The minimum Gasteiger partial charge on any atom is -0.391 e. The summed E-state index contributed by atoms with van der Waals surface area (Å²) >= 11 is 0. The van der Waals surface area contributed by atoms with Crippen molar-refractivity contribution >= 4 is 17.5 Å². The van der Waals surface area contributed by atoms with Gasteiger partial charge < -0.3 is 30.7 Å². The summed E-state index contributed by atoms with van der Waals surface area (Å²) in [5.74, 6) is 1.71. The quantitative estimate of drug-likeness (QED) is 0.574. The number of aliphatic hydroxyl groups excluding tert-OH is 1. The lowest BCUT2D eigenvalue weighted by molar-refractivity contribution is 0.122. The van der Waals surface area contributed by atoms with E-state index in [1.165, 1.54) is 5.56 Å². The van der Waals surface area contributed by atoms with E-state index in [1.54, 1.807) is 0 Å². The maximum absolute atomic E-state index is 12.3. The molecule has 3 aliphatic rings. The molecule has 0 unspecified atom stereocenters. The Hall–Kier alpha value is -2.75. The first kappa shape index (κ1) is 21.1. The van der Waals surface area contributed by atoms with E-state index in [0.29, 0.717) is 24.7 Å². The van der Waals surface area contributed by atoms with Crippen LogP contribution < -0.4 is 20.9 Å². The van der Waals surface area contributed by atoms with Gasteiger partial charge in [0.05, 0.1) is 31.1 Å². The minimum atomic E-state index is -0.459. The Balaban J connectivity index is 1.33. The molecule has 1 saturated heterocycles. The van der Waals surface area contributed by atoms with E-state index < -0.39 is 6.10 Å². The lowest BCUT2D eigenvalue weighted by Crippen LogP contribution is -2.42. The Bertz CT molecular complexity index is 961. The van der Waals surface area contributed by atoms with E-state index in [2.05, 4.69) is 20.9 Å². The molecule has 2 aromatic rings. The summed E-state index contributed by atoms with van der Waals surface area (Å²) in [6, 6.07) is 7.10. The first-order chi connectivity index (χ1) is 15.7. The topological polar surface area (TPSA) is 112 Å². The molecule has 0 bridgehead atoms. The summed E-state index contributed by atoms with van der Waals surface area (Å²) < 4.78 is 5.52. The van der Waals surface area contributed by atoms with Gasteiger partial charge in [0.2, 0.25) is 0 Å². The Kier molecular flexibility index (Phi) is 6.20. The Morgan fingerprint density at radius 3 is 2.72 bits per heavy atom. The number of urea groups is 1. The van der Waals surface area contributed by atoms with Crippen LogP contribution in [0.2, 0.25) is 0 Å². The summed E-state index contributed by atoms with van der Waals surface area (Å²) in [5.41, 5.74) is 3.88. The number of aromatic nitrogens is 2. The fourth-order valence-electron chi connectivity index (χ4n) is 4.65. The van der Waals surface area contributed by atoms with Crippen molar-refractivity contribution in [3.8, 4) is 11.4 Å². The number of hydrogen-bond acceptors (Lipinski definition) is 7. The first-order valence-electron chi connectivity index (χ1n) is 11.5. The third kappa shape index (κ3) is 4.55. The van der Waals surface area contributed by atoms with Crippen LogP contribution in [0.15, 0.2) is 24.3 Å². The van der Waals surface area contributed by atoms with Crippen LogP contribution in [0.5, 0.6) is 0 Å². The van der Waals surface area contributed by atoms with Crippen molar-refractivity contribution in [2.75, 3.05) is 43.1 Å². The van der Waals surface area contributed by atoms with Crippen molar-refractivity contribution in [2.24, 2.45) is 0 Å². The van der Waals surface area contributed by atoms with Gasteiger partial charge in [-0.15, -0.1) is 0 Å². The SMILES string of the molecule is O=C(Nc1ccc(-c2nc3c(c(N4CCOCC4)n2)CCNC3)cc1)N[C@H]1CCC[C@@H]1O. The number of hydrogen-bond donors (Lipinski definition) is 4. The normalized spacial score (nSPS) is 23.0. The predicted molar refractivity (Wildman–Crippen MR) is 122 cm³/mol. The van der Waals surface area contributed by atoms with Crippen LogP contribution in [-0.2, 0) is 17.7 Å². The number of rotatable bonds is 4. The molecule has 1 saturated carbocycles. The van der Waals surface area contributed by atoms with E-state index in [4.69, 9.17) is 14.7 Å². The smallest absolute Gasteiger partial charge is 0.319 e. The maximum atomic E-state index is 12.3. The second-order valence-corrected chi connectivity index (χ2v) is 8.60. The zero-order valence-corrected chi connectivity index (χ0v) is 18.1. The molecule has 170 valence electrons. The number of carbonyl (C=O) groups is 1. The highest BCUT2D eigenvalue weighted by Gasteiger charge is 2.26. The van der Waals surface area contributed by atoms with Crippen molar-refractivity contribution in [1.29, 1.82) is 0 Å². The van der Waals surface area contributed by atoms with E-state index in [-0.39, 0.29) is 12.1 Å². The van der Waals surface area contributed by atoms with Gasteiger partial charge in [0.25, 0.3) is 0 Å². The number of nitrogens with zero attached hydrogens (tertiary/aromatic N) is 3. The number of benzene rings is 1. The van der Waals surface area contributed by atoms with Gasteiger partial charge in [-0.3, -0.25) is 0 Å². The first-order valence-corrected chi connectivity index (χ1v) is 11.5.